The number of amides is 1. The summed E-state index contributed by atoms with van der Waals surface area (Å²) in [4.78, 5) is 23.8. The van der Waals surface area contributed by atoms with Gasteiger partial charge in [-0.05, 0) is 65.7 Å². The van der Waals surface area contributed by atoms with E-state index in [-0.39, 0.29) is 5.69 Å². The molecule has 0 aliphatic heterocycles. The third-order valence-electron chi connectivity index (χ3n) is 5.00. The van der Waals surface area contributed by atoms with Crippen molar-refractivity contribution in [1.29, 1.82) is 0 Å². The summed E-state index contributed by atoms with van der Waals surface area (Å²) in [5.41, 5.74) is 6.31. The van der Waals surface area contributed by atoms with E-state index in [2.05, 4.69) is 25.5 Å². The quantitative estimate of drug-likeness (QED) is 0.209. The Morgan fingerprint density at radius 1 is 1.03 bits per heavy atom. The molecular weight excluding hydrogens is 468 g/mol. The molecule has 3 aromatic carbocycles. The molecule has 8 nitrogen and oxygen atoms in total. The minimum absolute atomic E-state index is 0.265. The average molecular weight is 489 g/mol. The van der Waals surface area contributed by atoms with Crippen molar-refractivity contribution in [1.82, 2.24) is 15.6 Å². The second kappa shape index (κ2) is 11.1. The average Bonchev–Trinajstić information content (AvgIpc) is 3.39. The molecule has 0 aliphatic rings. The van der Waals surface area contributed by atoms with E-state index >= 15 is 0 Å². The largest absolute Gasteiger partial charge is 0.489 e. The first-order valence-electron chi connectivity index (χ1n) is 10.6. The van der Waals surface area contributed by atoms with Gasteiger partial charge in [-0.1, -0.05) is 35.9 Å². The summed E-state index contributed by atoms with van der Waals surface area (Å²) in [6, 6.07) is 23.1. The van der Waals surface area contributed by atoms with E-state index in [4.69, 9.17) is 16.3 Å². The molecule has 2 N–H and O–H groups in total. The third kappa shape index (κ3) is 6.33. The molecule has 0 aliphatic carbocycles. The number of aromatic nitrogens is 2. The molecule has 0 saturated heterocycles. The number of nitrogens with one attached hydrogen (secondary N) is 2. The van der Waals surface area contributed by atoms with Crippen molar-refractivity contribution in [2.45, 2.75) is 6.61 Å². The predicted molar refractivity (Wildman–Crippen MR) is 133 cm³/mol. The summed E-state index contributed by atoms with van der Waals surface area (Å²) in [5, 5.41) is 11.5. The Morgan fingerprint density at radius 3 is 2.43 bits per heavy atom. The summed E-state index contributed by atoms with van der Waals surface area (Å²) in [6.45, 7) is 0.430. The molecule has 1 heterocycles. The lowest BCUT2D eigenvalue weighted by molar-refractivity contribution is 0.0600. The van der Waals surface area contributed by atoms with Gasteiger partial charge in [-0.15, -0.1) is 0 Å². The third-order valence-corrected chi connectivity index (χ3v) is 5.25. The van der Waals surface area contributed by atoms with Crippen LogP contribution in [-0.4, -0.2) is 35.4 Å². The number of carbonyl (C=O) groups is 2. The van der Waals surface area contributed by atoms with Crippen molar-refractivity contribution in [3.05, 3.63) is 106 Å². The van der Waals surface area contributed by atoms with Gasteiger partial charge < -0.3 is 9.47 Å². The lowest BCUT2D eigenvalue weighted by Gasteiger charge is -2.07. The molecule has 1 amide bonds. The van der Waals surface area contributed by atoms with E-state index in [0.29, 0.717) is 34.2 Å². The Morgan fingerprint density at radius 2 is 1.74 bits per heavy atom. The number of hydrazone groups is 1. The summed E-state index contributed by atoms with van der Waals surface area (Å²) < 4.78 is 10.5. The van der Waals surface area contributed by atoms with Crippen molar-refractivity contribution in [3.8, 4) is 17.0 Å². The van der Waals surface area contributed by atoms with Crippen molar-refractivity contribution < 1.29 is 19.1 Å². The molecule has 0 spiro atoms. The van der Waals surface area contributed by atoms with Gasteiger partial charge in [-0.25, -0.2) is 10.2 Å². The number of aromatic amines is 1. The van der Waals surface area contributed by atoms with E-state index in [9.17, 15) is 9.59 Å². The number of nitrogens with zero attached hydrogens (tertiary/aromatic N) is 2. The zero-order valence-corrected chi connectivity index (χ0v) is 19.5. The van der Waals surface area contributed by atoms with Crippen LogP contribution in [0.2, 0.25) is 5.02 Å². The summed E-state index contributed by atoms with van der Waals surface area (Å²) >= 11 is 5.90. The molecule has 0 fully saturated rings. The lowest BCUT2D eigenvalue weighted by Crippen LogP contribution is -2.18. The topological polar surface area (TPSA) is 106 Å². The van der Waals surface area contributed by atoms with Crippen LogP contribution >= 0.6 is 11.6 Å². The van der Waals surface area contributed by atoms with Crippen LogP contribution in [0.4, 0.5) is 0 Å². The number of carbonyl (C=O) groups excluding carboxylic acids is 2. The zero-order valence-electron chi connectivity index (χ0n) is 18.7. The number of benzene rings is 3. The lowest BCUT2D eigenvalue weighted by atomic mass is 10.1. The van der Waals surface area contributed by atoms with Crippen molar-refractivity contribution in [3.63, 3.8) is 0 Å². The van der Waals surface area contributed by atoms with E-state index in [1.165, 1.54) is 13.3 Å². The highest BCUT2D eigenvalue weighted by atomic mass is 35.5. The fraction of sp³-hybridized carbons (Fsp3) is 0.0769. The van der Waals surface area contributed by atoms with Gasteiger partial charge in [-0.2, -0.15) is 10.2 Å². The first-order chi connectivity index (χ1) is 17.0. The fourth-order valence-electron chi connectivity index (χ4n) is 3.10. The molecule has 0 bridgehead atoms. The number of H-pyrrole nitrogens is 1. The van der Waals surface area contributed by atoms with Gasteiger partial charge in [0.25, 0.3) is 5.91 Å². The normalized spacial score (nSPS) is 10.8. The van der Waals surface area contributed by atoms with E-state index in [0.717, 1.165) is 11.1 Å². The highest BCUT2D eigenvalue weighted by Crippen LogP contribution is 2.22. The van der Waals surface area contributed by atoms with E-state index in [1.807, 2.05) is 48.5 Å². The van der Waals surface area contributed by atoms with Crippen LogP contribution in [0.1, 0.15) is 32.0 Å². The molecule has 1 aromatic heterocycles. The number of ether oxygens (including phenoxy) is 2. The van der Waals surface area contributed by atoms with Gasteiger partial charge >= 0.3 is 5.97 Å². The second-order valence-electron chi connectivity index (χ2n) is 7.42. The Labute approximate surface area is 206 Å². The maximum atomic E-state index is 12.4. The summed E-state index contributed by atoms with van der Waals surface area (Å²) in [7, 11) is 1.32. The summed E-state index contributed by atoms with van der Waals surface area (Å²) in [5.74, 6) is -0.141. The van der Waals surface area contributed by atoms with Crippen LogP contribution < -0.4 is 10.2 Å². The molecule has 4 rings (SSSR count). The predicted octanol–water partition coefficient (Wildman–Crippen LogP) is 4.86. The Balaban J connectivity index is 1.31. The monoisotopic (exact) mass is 488 g/mol. The summed E-state index contributed by atoms with van der Waals surface area (Å²) in [6.07, 6.45) is 1.47. The molecule has 0 atom stereocenters. The number of methoxy groups -OCH3 is 1. The maximum absolute atomic E-state index is 12.4. The molecular formula is C26H21ClN4O4. The van der Waals surface area contributed by atoms with E-state index in [1.54, 1.807) is 30.3 Å². The van der Waals surface area contributed by atoms with Gasteiger partial charge in [0.2, 0.25) is 0 Å². The molecule has 0 unspecified atom stereocenters. The van der Waals surface area contributed by atoms with Crippen LogP contribution in [0.3, 0.4) is 0 Å². The molecule has 9 heteroatoms. The number of hydrogen-bond donors (Lipinski definition) is 2. The number of hydrogen-bond acceptors (Lipinski definition) is 6. The van der Waals surface area contributed by atoms with Crippen molar-refractivity contribution in [2.75, 3.05) is 7.11 Å². The molecule has 35 heavy (non-hydrogen) atoms. The molecule has 0 saturated carbocycles. The number of halogens is 1. The first-order valence-corrected chi connectivity index (χ1v) is 10.9. The highest BCUT2D eigenvalue weighted by Gasteiger charge is 2.11. The van der Waals surface area contributed by atoms with Crippen LogP contribution in [0.25, 0.3) is 11.3 Å². The van der Waals surface area contributed by atoms with Gasteiger partial charge in [0.1, 0.15) is 18.1 Å². The number of esters is 1. The second-order valence-corrected chi connectivity index (χ2v) is 7.86. The molecule has 176 valence electrons. The molecule has 4 aromatic rings. The van der Waals surface area contributed by atoms with Gasteiger partial charge in [0.15, 0.2) is 0 Å². The zero-order chi connectivity index (χ0) is 24.6. The first kappa shape index (κ1) is 23.7. The fourth-order valence-corrected chi connectivity index (χ4v) is 3.23. The maximum Gasteiger partial charge on any atom is 0.337 e. The Hall–Kier alpha value is -4.43. The standard InChI is InChI=1S/C26H21ClN4O4/c1-34-26(33)20-6-2-17(3-7-20)15-28-31-25(32)24-14-23(29-30-24)19-8-12-22(13-9-19)35-16-18-4-10-21(27)11-5-18/h2-15H,16H2,1H3,(H,29,30)(H,31,32)/b28-15-. The van der Waals surface area contributed by atoms with Gasteiger partial charge in [0, 0.05) is 10.6 Å². The highest BCUT2D eigenvalue weighted by molar-refractivity contribution is 6.30. The SMILES string of the molecule is COC(=O)c1ccc(/C=N\NC(=O)c2cc(-c3ccc(OCc4ccc(Cl)cc4)cc3)n[nH]2)cc1. The van der Waals surface area contributed by atoms with E-state index < -0.39 is 11.9 Å². The van der Waals surface area contributed by atoms with Crippen LogP contribution in [0.5, 0.6) is 5.75 Å². The van der Waals surface area contributed by atoms with Crippen LogP contribution in [-0.2, 0) is 11.3 Å². The smallest absolute Gasteiger partial charge is 0.337 e. The minimum Gasteiger partial charge on any atom is -0.489 e. The Bertz CT molecular complexity index is 1330. The van der Waals surface area contributed by atoms with Gasteiger partial charge in [0.05, 0.1) is 24.6 Å². The minimum atomic E-state index is -0.436. The van der Waals surface area contributed by atoms with Crippen molar-refractivity contribution >= 4 is 29.7 Å². The van der Waals surface area contributed by atoms with Crippen LogP contribution in [0.15, 0.2) is 84.0 Å². The van der Waals surface area contributed by atoms with Crippen molar-refractivity contribution in [2.24, 2.45) is 5.10 Å². The number of rotatable bonds is 8. The van der Waals surface area contributed by atoms with Gasteiger partial charge in [-0.3, -0.25) is 9.89 Å². The van der Waals surface area contributed by atoms with Crippen LogP contribution in [0, 0.1) is 0 Å². The Kier molecular flexibility index (Phi) is 7.54. The molecule has 0 radical (unpaired) electrons.